The number of likely N-dealkylation sites (N-methyl/N-ethyl adjacent to an activating group) is 1. The zero-order valence-electron chi connectivity index (χ0n) is 9.64. The molecule has 1 heterocycles. The van der Waals surface area contributed by atoms with Gasteiger partial charge in [-0.05, 0) is 14.1 Å². The van der Waals surface area contributed by atoms with Crippen LogP contribution in [-0.4, -0.2) is 42.3 Å². The number of fused-ring (bicyclic) bond motifs is 1. The van der Waals surface area contributed by atoms with Gasteiger partial charge in [0.05, 0.1) is 6.20 Å². The summed E-state index contributed by atoms with van der Waals surface area (Å²) in [6.07, 6.45) is 1.78. The maximum atomic E-state index is 4.12. The van der Waals surface area contributed by atoms with Gasteiger partial charge >= 0.3 is 0 Å². The predicted octanol–water partition coefficient (Wildman–Crippen LogP) is 1.60. The molecule has 0 atom stereocenters. The molecule has 2 rings (SSSR count). The highest BCUT2D eigenvalue weighted by atomic mass is 15.2. The maximum Gasteiger partial charge on any atom is 0.156 e. The zero-order valence-corrected chi connectivity index (χ0v) is 9.64. The molecule has 0 aliphatic rings. The lowest BCUT2D eigenvalue weighted by atomic mass is 10.2. The first kappa shape index (κ1) is 10.8. The van der Waals surface area contributed by atoms with Crippen LogP contribution in [-0.2, 0) is 0 Å². The van der Waals surface area contributed by atoms with Gasteiger partial charge in [-0.3, -0.25) is 0 Å². The summed E-state index contributed by atoms with van der Waals surface area (Å²) in [6, 6.07) is 8.12. The summed E-state index contributed by atoms with van der Waals surface area (Å²) in [5, 5.41) is 13.6. The van der Waals surface area contributed by atoms with Crippen molar-refractivity contribution < 1.29 is 0 Å². The van der Waals surface area contributed by atoms with Gasteiger partial charge in [0.15, 0.2) is 5.82 Å². The first-order valence-corrected chi connectivity index (χ1v) is 5.36. The van der Waals surface area contributed by atoms with Crippen molar-refractivity contribution in [2.45, 2.75) is 0 Å². The Balaban J connectivity index is 2.17. The molecule has 0 saturated carbocycles. The number of benzene rings is 1. The highest BCUT2D eigenvalue weighted by Crippen LogP contribution is 2.18. The SMILES string of the molecule is CN(C)CCNc1nncc2ccccc12. The van der Waals surface area contributed by atoms with E-state index in [9.17, 15) is 0 Å². The fraction of sp³-hybridized carbons (Fsp3) is 0.333. The van der Waals surface area contributed by atoms with Crippen LogP contribution in [0.1, 0.15) is 0 Å². The van der Waals surface area contributed by atoms with E-state index in [1.54, 1.807) is 6.20 Å². The Morgan fingerprint density at radius 1 is 1.25 bits per heavy atom. The fourth-order valence-electron chi connectivity index (χ4n) is 1.56. The summed E-state index contributed by atoms with van der Waals surface area (Å²) in [5.41, 5.74) is 0. The van der Waals surface area contributed by atoms with Crippen LogP contribution in [0.5, 0.6) is 0 Å². The van der Waals surface area contributed by atoms with E-state index in [-0.39, 0.29) is 0 Å². The van der Waals surface area contributed by atoms with Crippen LogP contribution >= 0.6 is 0 Å². The standard InChI is InChI=1S/C12H16N4/c1-16(2)8-7-13-12-11-6-4-3-5-10(11)9-14-15-12/h3-6,9H,7-8H2,1-2H3,(H,13,15). The molecule has 1 aromatic carbocycles. The second-order valence-electron chi connectivity index (χ2n) is 4.01. The number of nitrogens with one attached hydrogen (secondary N) is 1. The molecular formula is C12H16N4. The van der Waals surface area contributed by atoms with Crippen molar-refractivity contribution in [1.29, 1.82) is 0 Å². The van der Waals surface area contributed by atoms with Crippen LogP contribution in [0.15, 0.2) is 30.5 Å². The van der Waals surface area contributed by atoms with E-state index in [4.69, 9.17) is 0 Å². The first-order chi connectivity index (χ1) is 7.77. The molecule has 4 nitrogen and oxygen atoms in total. The molecule has 2 aromatic rings. The average Bonchev–Trinajstić information content (AvgIpc) is 2.29. The molecule has 16 heavy (non-hydrogen) atoms. The van der Waals surface area contributed by atoms with Crippen molar-refractivity contribution in [3.63, 3.8) is 0 Å². The summed E-state index contributed by atoms with van der Waals surface area (Å²) >= 11 is 0. The molecule has 0 aliphatic carbocycles. The Morgan fingerprint density at radius 3 is 2.88 bits per heavy atom. The molecule has 1 aromatic heterocycles. The van der Waals surface area contributed by atoms with E-state index < -0.39 is 0 Å². The van der Waals surface area contributed by atoms with Crippen molar-refractivity contribution in [2.24, 2.45) is 0 Å². The van der Waals surface area contributed by atoms with Crippen LogP contribution in [0.2, 0.25) is 0 Å². The van der Waals surface area contributed by atoms with Crippen molar-refractivity contribution in [2.75, 3.05) is 32.5 Å². The third kappa shape index (κ3) is 2.46. The molecule has 4 heteroatoms. The lowest BCUT2D eigenvalue weighted by Crippen LogP contribution is -2.21. The highest BCUT2D eigenvalue weighted by Gasteiger charge is 2.01. The van der Waals surface area contributed by atoms with Crippen molar-refractivity contribution in [3.8, 4) is 0 Å². The lowest BCUT2D eigenvalue weighted by molar-refractivity contribution is 0.425. The third-order valence-electron chi connectivity index (χ3n) is 2.42. The lowest BCUT2D eigenvalue weighted by Gasteiger charge is -2.11. The van der Waals surface area contributed by atoms with Crippen LogP contribution in [0.3, 0.4) is 0 Å². The van der Waals surface area contributed by atoms with Crippen LogP contribution in [0, 0.1) is 0 Å². The summed E-state index contributed by atoms with van der Waals surface area (Å²) in [7, 11) is 4.10. The summed E-state index contributed by atoms with van der Waals surface area (Å²) in [4.78, 5) is 2.13. The quantitative estimate of drug-likeness (QED) is 0.843. The monoisotopic (exact) mass is 216 g/mol. The van der Waals surface area contributed by atoms with Gasteiger partial charge in [0.2, 0.25) is 0 Å². The minimum absolute atomic E-state index is 0.861. The topological polar surface area (TPSA) is 41.0 Å². The van der Waals surface area contributed by atoms with Gasteiger partial charge in [-0.25, -0.2) is 0 Å². The maximum absolute atomic E-state index is 4.12. The molecule has 0 aliphatic heterocycles. The summed E-state index contributed by atoms with van der Waals surface area (Å²) in [6.45, 7) is 1.85. The van der Waals surface area contributed by atoms with Crippen molar-refractivity contribution in [1.82, 2.24) is 15.1 Å². The van der Waals surface area contributed by atoms with Gasteiger partial charge in [-0.1, -0.05) is 24.3 Å². The Bertz CT molecular complexity index is 462. The first-order valence-electron chi connectivity index (χ1n) is 5.36. The molecule has 0 spiro atoms. The van der Waals surface area contributed by atoms with Crippen LogP contribution in [0.25, 0.3) is 10.8 Å². The minimum atomic E-state index is 0.861. The molecular weight excluding hydrogens is 200 g/mol. The number of anilines is 1. The zero-order chi connectivity index (χ0) is 11.4. The second-order valence-corrected chi connectivity index (χ2v) is 4.01. The molecule has 84 valence electrons. The Kier molecular flexibility index (Phi) is 3.31. The van der Waals surface area contributed by atoms with Crippen molar-refractivity contribution in [3.05, 3.63) is 30.5 Å². The van der Waals surface area contributed by atoms with E-state index >= 15 is 0 Å². The van der Waals surface area contributed by atoms with Gasteiger partial charge < -0.3 is 10.2 Å². The van der Waals surface area contributed by atoms with Crippen LogP contribution in [0.4, 0.5) is 5.82 Å². The number of hydrogen-bond donors (Lipinski definition) is 1. The molecule has 0 unspecified atom stereocenters. The predicted molar refractivity (Wildman–Crippen MR) is 66.6 cm³/mol. The second kappa shape index (κ2) is 4.90. The molecule has 1 N–H and O–H groups in total. The van der Waals surface area contributed by atoms with Gasteiger partial charge in [0.1, 0.15) is 0 Å². The van der Waals surface area contributed by atoms with E-state index in [2.05, 4.69) is 40.6 Å². The smallest absolute Gasteiger partial charge is 0.156 e. The molecule has 0 bridgehead atoms. The largest absolute Gasteiger partial charge is 0.367 e. The number of hydrogen-bond acceptors (Lipinski definition) is 4. The van der Waals surface area contributed by atoms with Gasteiger partial charge in [-0.2, -0.15) is 5.10 Å². The molecule has 0 amide bonds. The Hall–Kier alpha value is -1.68. The Labute approximate surface area is 95.3 Å². The van der Waals surface area contributed by atoms with Gasteiger partial charge in [0, 0.05) is 23.9 Å². The van der Waals surface area contributed by atoms with E-state index in [1.807, 2.05) is 18.2 Å². The number of rotatable bonds is 4. The van der Waals surface area contributed by atoms with E-state index in [0.29, 0.717) is 0 Å². The van der Waals surface area contributed by atoms with Crippen LogP contribution < -0.4 is 5.32 Å². The van der Waals surface area contributed by atoms with Gasteiger partial charge in [0.25, 0.3) is 0 Å². The number of aromatic nitrogens is 2. The summed E-state index contributed by atoms with van der Waals surface area (Å²) in [5.74, 6) is 0.861. The van der Waals surface area contributed by atoms with E-state index in [0.717, 1.165) is 29.7 Å². The van der Waals surface area contributed by atoms with Crippen molar-refractivity contribution >= 4 is 16.6 Å². The fourth-order valence-corrected chi connectivity index (χ4v) is 1.56. The molecule has 0 radical (unpaired) electrons. The van der Waals surface area contributed by atoms with Gasteiger partial charge in [-0.15, -0.1) is 5.10 Å². The molecule has 0 fully saturated rings. The Morgan fingerprint density at radius 2 is 2.06 bits per heavy atom. The summed E-state index contributed by atoms with van der Waals surface area (Å²) < 4.78 is 0. The van der Waals surface area contributed by atoms with E-state index in [1.165, 1.54) is 0 Å². The average molecular weight is 216 g/mol. The highest BCUT2D eigenvalue weighted by molar-refractivity contribution is 5.90. The minimum Gasteiger partial charge on any atom is -0.367 e. The normalized spacial score (nSPS) is 10.9. The molecule has 0 saturated heterocycles. The third-order valence-corrected chi connectivity index (χ3v) is 2.42. The number of nitrogens with zero attached hydrogens (tertiary/aromatic N) is 3.